The van der Waals surface area contributed by atoms with E-state index in [-0.39, 0.29) is 11.9 Å². The quantitative estimate of drug-likeness (QED) is 0.742. The lowest BCUT2D eigenvalue weighted by molar-refractivity contribution is -0.124. The van der Waals surface area contributed by atoms with E-state index in [1.807, 2.05) is 11.9 Å². The summed E-state index contributed by atoms with van der Waals surface area (Å²) in [7, 11) is 1.91. The zero-order valence-electron chi connectivity index (χ0n) is 10.0. The average Bonchev–Trinajstić information content (AvgIpc) is 2.68. The molecule has 5 nitrogen and oxygen atoms in total. The van der Waals surface area contributed by atoms with Crippen LogP contribution in [0.25, 0.3) is 0 Å². The van der Waals surface area contributed by atoms with Crippen LogP contribution in [0.1, 0.15) is 32.6 Å². The Balaban J connectivity index is 2.36. The van der Waals surface area contributed by atoms with Crippen LogP contribution in [0.5, 0.6) is 0 Å². The lowest BCUT2D eigenvalue weighted by Crippen LogP contribution is -2.48. The molecule has 16 heavy (non-hydrogen) atoms. The zero-order chi connectivity index (χ0) is 12.1. The number of nitrogens with zero attached hydrogens (tertiary/aromatic N) is 1. The maximum absolute atomic E-state index is 11.5. The highest BCUT2D eigenvalue weighted by Crippen LogP contribution is 2.25. The Bertz CT molecular complexity index is 262. The van der Waals surface area contributed by atoms with Crippen LogP contribution in [-0.4, -0.2) is 36.5 Å². The summed E-state index contributed by atoms with van der Waals surface area (Å²) in [5.41, 5.74) is 4.91. The highest BCUT2D eigenvalue weighted by atomic mass is 16.2. The van der Waals surface area contributed by atoms with E-state index in [1.54, 1.807) is 6.92 Å². The molecule has 1 aliphatic rings. The predicted octanol–water partition coefficient (Wildman–Crippen LogP) is 0.692. The second kappa shape index (κ2) is 5.84. The normalized spacial score (nSPS) is 18.7. The Morgan fingerprint density at radius 3 is 2.50 bits per heavy atom. The highest BCUT2D eigenvalue weighted by molar-refractivity contribution is 5.96. The number of nitrogens with one attached hydrogen (secondary N) is 1. The molecular weight excluding hydrogens is 206 g/mol. The molecule has 3 N–H and O–H groups in total. The number of nitrogens with two attached hydrogens (primary N) is 1. The van der Waals surface area contributed by atoms with E-state index in [0.717, 1.165) is 6.54 Å². The highest BCUT2D eigenvalue weighted by Gasteiger charge is 2.23. The standard InChI is InChI=1S/C11H21N3O2/c1-8(10(15)13-11(12)16)14(2)7-9-5-3-4-6-9/h8-9H,3-7H2,1-2H3,(H3,12,13,15,16). The van der Waals surface area contributed by atoms with Crippen molar-refractivity contribution >= 4 is 11.9 Å². The third-order valence-corrected chi connectivity index (χ3v) is 3.31. The van der Waals surface area contributed by atoms with Crippen molar-refractivity contribution < 1.29 is 9.59 Å². The van der Waals surface area contributed by atoms with E-state index >= 15 is 0 Å². The summed E-state index contributed by atoms with van der Waals surface area (Å²) in [4.78, 5) is 24.0. The molecule has 5 heteroatoms. The van der Waals surface area contributed by atoms with Gasteiger partial charge in [-0.15, -0.1) is 0 Å². The predicted molar refractivity (Wildman–Crippen MR) is 61.8 cm³/mol. The summed E-state index contributed by atoms with van der Waals surface area (Å²) in [6.45, 7) is 2.70. The second-order valence-electron chi connectivity index (χ2n) is 4.62. The van der Waals surface area contributed by atoms with E-state index in [2.05, 4.69) is 5.32 Å². The van der Waals surface area contributed by atoms with Crippen LogP contribution in [0.15, 0.2) is 0 Å². The molecule has 1 unspecified atom stereocenters. The molecule has 0 spiro atoms. The van der Waals surface area contributed by atoms with Crippen LogP contribution < -0.4 is 11.1 Å². The fourth-order valence-corrected chi connectivity index (χ4v) is 2.18. The van der Waals surface area contributed by atoms with Gasteiger partial charge in [0, 0.05) is 6.54 Å². The van der Waals surface area contributed by atoms with Gasteiger partial charge in [0.05, 0.1) is 6.04 Å². The monoisotopic (exact) mass is 227 g/mol. The Kier molecular flexibility index (Phi) is 4.73. The molecule has 0 aromatic heterocycles. The van der Waals surface area contributed by atoms with Gasteiger partial charge in [-0.05, 0) is 32.7 Å². The van der Waals surface area contributed by atoms with Gasteiger partial charge in [-0.25, -0.2) is 4.79 Å². The van der Waals surface area contributed by atoms with E-state index < -0.39 is 6.03 Å². The minimum Gasteiger partial charge on any atom is -0.351 e. The van der Waals surface area contributed by atoms with E-state index in [0.29, 0.717) is 5.92 Å². The molecule has 92 valence electrons. The SMILES string of the molecule is CC(C(=O)NC(N)=O)N(C)CC1CCCC1. The number of likely N-dealkylation sites (N-methyl/N-ethyl adjacent to an activating group) is 1. The number of urea groups is 1. The molecule has 3 amide bonds. The summed E-state index contributed by atoms with van der Waals surface area (Å²) in [5.74, 6) is 0.363. The molecule has 0 heterocycles. The number of hydrogen-bond donors (Lipinski definition) is 2. The molecule has 1 atom stereocenters. The fraction of sp³-hybridized carbons (Fsp3) is 0.818. The summed E-state index contributed by atoms with van der Waals surface area (Å²) in [5, 5.41) is 2.11. The first kappa shape index (κ1) is 13.0. The lowest BCUT2D eigenvalue weighted by Gasteiger charge is -2.25. The van der Waals surface area contributed by atoms with Gasteiger partial charge in [-0.1, -0.05) is 12.8 Å². The first-order chi connectivity index (χ1) is 7.50. The number of amides is 3. The van der Waals surface area contributed by atoms with Crippen molar-refractivity contribution in [2.45, 2.75) is 38.6 Å². The first-order valence-electron chi connectivity index (χ1n) is 5.81. The molecule has 0 saturated heterocycles. The van der Waals surface area contributed by atoms with Gasteiger partial charge >= 0.3 is 6.03 Å². The Morgan fingerprint density at radius 1 is 1.44 bits per heavy atom. The molecule has 1 rings (SSSR count). The van der Waals surface area contributed by atoms with Crippen LogP contribution in [0.3, 0.4) is 0 Å². The molecule has 0 bridgehead atoms. The van der Waals surface area contributed by atoms with Crippen LogP contribution in [-0.2, 0) is 4.79 Å². The maximum Gasteiger partial charge on any atom is 0.318 e. The van der Waals surface area contributed by atoms with E-state index in [9.17, 15) is 9.59 Å². The number of carbonyl (C=O) groups is 2. The molecule has 1 saturated carbocycles. The van der Waals surface area contributed by atoms with Gasteiger partial charge in [-0.2, -0.15) is 0 Å². The van der Waals surface area contributed by atoms with Gasteiger partial charge in [0.2, 0.25) is 5.91 Å². The number of hydrogen-bond acceptors (Lipinski definition) is 3. The molecule has 0 aromatic rings. The van der Waals surface area contributed by atoms with E-state index in [4.69, 9.17) is 5.73 Å². The summed E-state index contributed by atoms with van der Waals surface area (Å²) in [6, 6.07) is -1.10. The third kappa shape index (κ3) is 3.81. The number of carbonyl (C=O) groups excluding carboxylic acids is 2. The smallest absolute Gasteiger partial charge is 0.318 e. The van der Waals surface area contributed by atoms with E-state index in [1.165, 1.54) is 25.7 Å². The zero-order valence-corrected chi connectivity index (χ0v) is 10.0. The average molecular weight is 227 g/mol. The second-order valence-corrected chi connectivity index (χ2v) is 4.62. The number of imide groups is 1. The summed E-state index contributed by atoms with van der Waals surface area (Å²) < 4.78 is 0. The molecular formula is C11H21N3O2. The van der Waals surface area contributed by atoms with Crippen molar-refractivity contribution in [3.63, 3.8) is 0 Å². The van der Waals surface area contributed by atoms with Gasteiger partial charge in [0.15, 0.2) is 0 Å². The van der Waals surface area contributed by atoms with Gasteiger partial charge < -0.3 is 5.73 Å². The van der Waals surface area contributed by atoms with Crippen molar-refractivity contribution in [2.24, 2.45) is 11.7 Å². The van der Waals surface area contributed by atoms with Gasteiger partial charge in [-0.3, -0.25) is 15.0 Å². The van der Waals surface area contributed by atoms with Crippen molar-refractivity contribution in [1.29, 1.82) is 0 Å². The molecule has 1 fully saturated rings. The molecule has 0 aliphatic heterocycles. The Labute approximate surface area is 96.4 Å². The van der Waals surface area contributed by atoms with Crippen molar-refractivity contribution in [3.8, 4) is 0 Å². The molecule has 0 radical (unpaired) electrons. The van der Waals surface area contributed by atoms with Crippen molar-refractivity contribution in [2.75, 3.05) is 13.6 Å². The Morgan fingerprint density at radius 2 is 2.00 bits per heavy atom. The third-order valence-electron chi connectivity index (χ3n) is 3.31. The lowest BCUT2D eigenvalue weighted by atomic mass is 10.1. The Hall–Kier alpha value is -1.10. The summed E-state index contributed by atoms with van der Waals surface area (Å²) in [6.07, 6.45) is 5.07. The largest absolute Gasteiger partial charge is 0.351 e. The van der Waals surface area contributed by atoms with Gasteiger partial charge in [0.25, 0.3) is 0 Å². The fourth-order valence-electron chi connectivity index (χ4n) is 2.18. The van der Waals surface area contributed by atoms with Crippen molar-refractivity contribution in [1.82, 2.24) is 10.2 Å². The van der Waals surface area contributed by atoms with Crippen molar-refractivity contribution in [3.05, 3.63) is 0 Å². The van der Waals surface area contributed by atoms with Crippen LogP contribution >= 0.6 is 0 Å². The topological polar surface area (TPSA) is 75.4 Å². The molecule has 0 aromatic carbocycles. The van der Waals surface area contributed by atoms with Crippen LogP contribution in [0.4, 0.5) is 4.79 Å². The summed E-state index contributed by atoms with van der Waals surface area (Å²) >= 11 is 0. The molecule has 1 aliphatic carbocycles. The van der Waals surface area contributed by atoms with Crippen LogP contribution in [0, 0.1) is 5.92 Å². The first-order valence-corrected chi connectivity index (χ1v) is 5.81. The van der Waals surface area contributed by atoms with Gasteiger partial charge in [0.1, 0.15) is 0 Å². The number of primary amides is 1. The van der Waals surface area contributed by atoms with Crippen LogP contribution in [0.2, 0.25) is 0 Å². The maximum atomic E-state index is 11.5. The number of rotatable bonds is 4. The minimum atomic E-state index is -0.786. The minimum absolute atomic E-state index is 0.312.